The van der Waals surface area contributed by atoms with Crippen LogP contribution in [0.25, 0.3) is 0 Å². The maximum Gasteiger partial charge on any atom is 0.246 e. The molecule has 5 nitrogen and oxygen atoms in total. The average molecular weight is 314 g/mol. The zero-order chi connectivity index (χ0) is 16.4. The summed E-state index contributed by atoms with van der Waals surface area (Å²) in [4.78, 5) is 27.4. The van der Waals surface area contributed by atoms with Gasteiger partial charge in [-0.1, -0.05) is 36.9 Å². The first-order valence-electron chi connectivity index (χ1n) is 7.85. The van der Waals surface area contributed by atoms with Gasteiger partial charge in [-0.15, -0.1) is 0 Å². The van der Waals surface area contributed by atoms with Crippen LogP contribution in [0.3, 0.4) is 0 Å². The minimum absolute atomic E-state index is 0.0209. The Morgan fingerprint density at radius 1 is 1.43 bits per heavy atom. The molecule has 0 spiro atoms. The summed E-state index contributed by atoms with van der Waals surface area (Å²) in [5.74, 6) is 0.0560. The molecule has 0 aromatic heterocycles. The smallest absolute Gasteiger partial charge is 0.246 e. The molecule has 1 aromatic rings. The highest BCUT2D eigenvalue weighted by Crippen LogP contribution is 2.43. The molecular weight excluding hydrogens is 292 g/mol. The minimum atomic E-state index is -0.237. The third-order valence-corrected chi connectivity index (χ3v) is 5.00. The Morgan fingerprint density at radius 2 is 2.17 bits per heavy atom. The molecule has 2 aliphatic rings. The lowest BCUT2D eigenvalue weighted by Gasteiger charge is -2.28. The third-order valence-electron chi connectivity index (χ3n) is 5.00. The lowest BCUT2D eigenvalue weighted by molar-refractivity contribution is -0.136. The number of hydrogen-bond acceptors (Lipinski definition) is 3. The molecule has 23 heavy (non-hydrogen) atoms. The van der Waals surface area contributed by atoms with Gasteiger partial charge in [-0.05, 0) is 11.6 Å². The van der Waals surface area contributed by atoms with Crippen molar-refractivity contribution in [3.8, 4) is 0 Å². The van der Waals surface area contributed by atoms with Gasteiger partial charge in [0, 0.05) is 31.5 Å². The molecular formula is C18H22N2O3. The van der Waals surface area contributed by atoms with Gasteiger partial charge in [0.15, 0.2) is 0 Å². The van der Waals surface area contributed by atoms with E-state index in [0.29, 0.717) is 32.2 Å². The molecule has 0 N–H and O–H groups in total. The van der Waals surface area contributed by atoms with Gasteiger partial charge in [0.05, 0.1) is 19.8 Å². The van der Waals surface area contributed by atoms with Crippen molar-refractivity contribution in [1.82, 2.24) is 9.80 Å². The van der Waals surface area contributed by atoms with Crippen molar-refractivity contribution in [2.24, 2.45) is 5.92 Å². The molecule has 3 rings (SSSR count). The van der Waals surface area contributed by atoms with E-state index in [1.165, 1.54) is 16.5 Å². The Kier molecular flexibility index (Phi) is 4.22. The fourth-order valence-electron chi connectivity index (χ4n) is 3.64. The van der Waals surface area contributed by atoms with E-state index in [9.17, 15) is 9.59 Å². The first-order valence-corrected chi connectivity index (χ1v) is 7.85. The SMILES string of the molecule is C=CC(=O)N(C)CC(=O)N1C[C@@H]2COC[C@]2(c2ccccc2)C1. The number of hydrogen-bond donors (Lipinski definition) is 0. The molecule has 1 aromatic carbocycles. The standard InChI is InChI=1S/C18H22N2O3/c1-3-16(21)19(2)10-17(22)20-9-15-11-23-13-18(15,12-20)14-7-5-4-6-8-14/h3-8,15H,1,9-13H2,2H3/t15-,18+/m1/s1. The van der Waals surface area contributed by atoms with Crippen LogP contribution in [0.2, 0.25) is 0 Å². The summed E-state index contributed by atoms with van der Waals surface area (Å²) >= 11 is 0. The number of likely N-dealkylation sites (N-methyl/N-ethyl adjacent to an activating group) is 1. The van der Waals surface area contributed by atoms with Crippen molar-refractivity contribution in [2.75, 3.05) is 39.9 Å². The lowest BCUT2D eigenvalue weighted by atomic mass is 9.75. The summed E-state index contributed by atoms with van der Waals surface area (Å²) in [6, 6.07) is 10.3. The zero-order valence-corrected chi connectivity index (χ0v) is 13.4. The highest BCUT2D eigenvalue weighted by molar-refractivity contribution is 5.90. The second kappa shape index (κ2) is 6.16. The van der Waals surface area contributed by atoms with Crippen molar-refractivity contribution in [3.05, 3.63) is 48.6 Å². The molecule has 2 atom stereocenters. The van der Waals surface area contributed by atoms with Gasteiger partial charge in [-0.3, -0.25) is 9.59 Å². The second-order valence-corrected chi connectivity index (χ2v) is 6.41. The lowest BCUT2D eigenvalue weighted by Crippen LogP contribution is -2.42. The van der Waals surface area contributed by atoms with Gasteiger partial charge >= 0.3 is 0 Å². The second-order valence-electron chi connectivity index (χ2n) is 6.41. The van der Waals surface area contributed by atoms with Gasteiger partial charge in [0.2, 0.25) is 11.8 Å². The fraction of sp³-hybridized carbons (Fsp3) is 0.444. The predicted octanol–water partition coefficient (Wildman–Crippen LogP) is 1.06. The molecule has 0 bridgehead atoms. The normalized spacial score (nSPS) is 26.0. The van der Waals surface area contributed by atoms with Gasteiger partial charge < -0.3 is 14.5 Å². The van der Waals surface area contributed by atoms with Gasteiger partial charge in [0.25, 0.3) is 0 Å². The molecule has 2 fully saturated rings. The molecule has 0 aliphatic carbocycles. The van der Waals surface area contributed by atoms with Crippen molar-refractivity contribution in [2.45, 2.75) is 5.41 Å². The summed E-state index contributed by atoms with van der Waals surface area (Å²) in [7, 11) is 1.62. The summed E-state index contributed by atoms with van der Waals surface area (Å²) in [6.07, 6.45) is 1.23. The number of rotatable bonds is 4. The highest BCUT2D eigenvalue weighted by atomic mass is 16.5. The number of fused-ring (bicyclic) bond motifs is 1. The summed E-state index contributed by atoms with van der Waals surface area (Å²) in [5, 5.41) is 0. The van der Waals surface area contributed by atoms with Gasteiger partial charge in [-0.25, -0.2) is 0 Å². The Morgan fingerprint density at radius 3 is 2.87 bits per heavy atom. The minimum Gasteiger partial charge on any atom is -0.380 e. The van der Waals surface area contributed by atoms with E-state index in [0.717, 1.165) is 0 Å². The Labute approximate surface area is 136 Å². The highest BCUT2D eigenvalue weighted by Gasteiger charge is 2.52. The number of benzene rings is 1. The van der Waals surface area contributed by atoms with E-state index in [1.54, 1.807) is 7.05 Å². The molecule has 2 aliphatic heterocycles. The summed E-state index contributed by atoms with van der Waals surface area (Å²) in [5.41, 5.74) is 1.12. The number of carbonyl (C=O) groups excluding carboxylic acids is 2. The van der Waals surface area contributed by atoms with Crippen LogP contribution < -0.4 is 0 Å². The summed E-state index contributed by atoms with van der Waals surface area (Å²) < 4.78 is 5.72. The predicted molar refractivity (Wildman–Crippen MR) is 86.8 cm³/mol. The summed E-state index contributed by atoms with van der Waals surface area (Å²) in [6.45, 7) is 6.20. The Bertz CT molecular complexity index is 616. The van der Waals surface area contributed by atoms with Crippen LogP contribution in [0.1, 0.15) is 5.56 Å². The van der Waals surface area contributed by atoms with Crippen molar-refractivity contribution in [3.63, 3.8) is 0 Å². The Balaban J connectivity index is 1.75. The quantitative estimate of drug-likeness (QED) is 0.781. The fourth-order valence-corrected chi connectivity index (χ4v) is 3.64. The van der Waals surface area contributed by atoms with E-state index in [2.05, 4.69) is 18.7 Å². The number of ether oxygens (including phenoxy) is 1. The first kappa shape index (κ1) is 15.7. The molecule has 0 radical (unpaired) electrons. The van der Waals surface area contributed by atoms with Crippen molar-refractivity contribution >= 4 is 11.8 Å². The third kappa shape index (κ3) is 2.77. The van der Waals surface area contributed by atoms with Crippen LogP contribution in [-0.2, 0) is 19.7 Å². The first-order chi connectivity index (χ1) is 11.1. The maximum absolute atomic E-state index is 12.5. The zero-order valence-electron chi connectivity index (χ0n) is 13.4. The van der Waals surface area contributed by atoms with Crippen LogP contribution in [0.4, 0.5) is 0 Å². The van der Waals surface area contributed by atoms with E-state index in [1.807, 2.05) is 23.1 Å². The van der Waals surface area contributed by atoms with E-state index < -0.39 is 0 Å². The van der Waals surface area contributed by atoms with E-state index >= 15 is 0 Å². The Hall–Kier alpha value is -2.14. The van der Waals surface area contributed by atoms with Gasteiger partial charge in [-0.2, -0.15) is 0 Å². The maximum atomic E-state index is 12.5. The molecule has 5 heteroatoms. The molecule has 2 heterocycles. The van der Waals surface area contributed by atoms with Crippen LogP contribution in [0.5, 0.6) is 0 Å². The molecule has 2 saturated heterocycles. The number of nitrogens with zero attached hydrogens (tertiary/aromatic N) is 2. The molecule has 0 unspecified atom stereocenters. The van der Waals surface area contributed by atoms with Crippen molar-refractivity contribution < 1.29 is 14.3 Å². The number of amides is 2. The largest absolute Gasteiger partial charge is 0.380 e. The number of carbonyl (C=O) groups is 2. The van der Waals surface area contributed by atoms with Crippen LogP contribution in [0, 0.1) is 5.92 Å². The topological polar surface area (TPSA) is 49.9 Å². The monoisotopic (exact) mass is 314 g/mol. The van der Waals surface area contributed by atoms with Crippen LogP contribution >= 0.6 is 0 Å². The van der Waals surface area contributed by atoms with E-state index in [-0.39, 0.29) is 23.8 Å². The molecule has 0 saturated carbocycles. The van der Waals surface area contributed by atoms with E-state index in [4.69, 9.17) is 4.74 Å². The van der Waals surface area contributed by atoms with Crippen LogP contribution in [-0.4, -0.2) is 61.5 Å². The average Bonchev–Trinajstić information content (AvgIpc) is 3.13. The molecule has 2 amide bonds. The number of likely N-dealkylation sites (tertiary alicyclic amines) is 1. The van der Waals surface area contributed by atoms with Crippen molar-refractivity contribution in [1.29, 1.82) is 0 Å². The van der Waals surface area contributed by atoms with Crippen LogP contribution in [0.15, 0.2) is 43.0 Å². The molecule has 122 valence electrons. The van der Waals surface area contributed by atoms with Gasteiger partial charge in [0.1, 0.15) is 0 Å².